The molecule has 0 heterocycles. The minimum Gasteiger partial charge on any atom is -0.383 e. The van der Waals surface area contributed by atoms with Crippen LogP contribution in [0.25, 0.3) is 10.8 Å². The fourth-order valence-electron chi connectivity index (χ4n) is 1.66. The van der Waals surface area contributed by atoms with Gasteiger partial charge >= 0.3 is 6.36 Å². The molecule has 0 spiro atoms. The molecule has 0 unspecified atom stereocenters. The lowest BCUT2D eigenvalue weighted by Crippen LogP contribution is -2.19. The first-order valence-electron chi connectivity index (χ1n) is 5.48. The molecule has 5 heteroatoms. The maximum atomic E-state index is 11.7. The molecule has 0 fully saturated rings. The first-order chi connectivity index (χ1) is 8.54. The predicted octanol–water partition coefficient (Wildman–Crippen LogP) is 3.79. The zero-order valence-corrected chi connectivity index (χ0v) is 9.50. The molecule has 2 nitrogen and oxygen atoms in total. The van der Waals surface area contributed by atoms with Gasteiger partial charge in [0.2, 0.25) is 0 Å². The van der Waals surface area contributed by atoms with Crippen molar-refractivity contribution in [1.82, 2.24) is 0 Å². The van der Waals surface area contributed by atoms with Crippen LogP contribution in [0.2, 0.25) is 0 Å². The Hall–Kier alpha value is -1.75. The van der Waals surface area contributed by atoms with Crippen LogP contribution in [0, 0.1) is 0 Å². The predicted molar refractivity (Wildman–Crippen MR) is 64.4 cm³/mol. The minimum absolute atomic E-state index is 0.109. The molecule has 0 bridgehead atoms. The second-order valence-electron chi connectivity index (χ2n) is 3.78. The standard InChI is InChI=1S/C13H12F3NO/c14-13(15,16)18-8-7-17-12-6-5-10-3-1-2-4-11(10)9-12/h1-6,9,17H,7-8H2. The number of nitrogens with one attached hydrogen (secondary N) is 1. The van der Waals surface area contributed by atoms with Crippen molar-refractivity contribution in [3.63, 3.8) is 0 Å². The summed E-state index contributed by atoms with van der Waals surface area (Å²) in [4.78, 5) is 0. The molecule has 0 atom stereocenters. The molecule has 2 rings (SSSR count). The van der Waals surface area contributed by atoms with Crippen molar-refractivity contribution in [3.05, 3.63) is 42.5 Å². The lowest BCUT2D eigenvalue weighted by atomic mass is 10.1. The molecule has 96 valence electrons. The van der Waals surface area contributed by atoms with Gasteiger partial charge in [-0.05, 0) is 22.9 Å². The fourth-order valence-corrected chi connectivity index (χ4v) is 1.66. The van der Waals surface area contributed by atoms with Crippen LogP contribution in [-0.2, 0) is 4.74 Å². The molecule has 18 heavy (non-hydrogen) atoms. The molecule has 2 aromatic carbocycles. The second kappa shape index (κ2) is 5.27. The van der Waals surface area contributed by atoms with Crippen LogP contribution >= 0.6 is 0 Å². The smallest absolute Gasteiger partial charge is 0.383 e. The summed E-state index contributed by atoms with van der Waals surface area (Å²) in [5, 5.41) is 5.02. The molecule has 2 aromatic rings. The Labute approximate surface area is 102 Å². The Morgan fingerprint density at radius 3 is 2.44 bits per heavy atom. The second-order valence-corrected chi connectivity index (χ2v) is 3.78. The third kappa shape index (κ3) is 3.63. The normalized spacial score (nSPS) is 11.7. The zero-order valence-electron chi connectivity index (χ0n) is 9.50. The summed E-state index contributed by atoms with van der Waals surface area (Å²) in [5.74, 6) is 0. The fraction of sp³-hybridized carbons (Fsp3) is 0.231. The third-order valence-corrected chi connectivity index (χ3v) is 2.45. The summed E-state index contributed by atoms with van der Waals surface area (Å²) in [5.41, 5.74) is 0.777. The summed E-state index contributed by atoms with van der Waals surface area (Å²) >= 11 is 0. The van der Waals surface area contributed by atoms with Crippen LogP contribution in [-0.4, -0.2) is 19.5 Å². The van der Waals surface area contributed by atoms with Gasteiger partial charge < -0.3 is 5.32 Å². The molecule has 0 aromatic heterocycles. The molecule has 1 N–H and O–H groups in total. The number of hydrogen-bond donors (Lipinski definition) is 1. The quantitative estimate of drug-likeness (QED) is 0.839. The van der Waals surface area contributed by atoms with Gasteiger partial charge in [0.15, 0.2) is 0 Å². The van der Waals surface area contributed by atoms with Gasteiger partial charge in [0, 0.05) is 12.2 Å². The van der Waals surface area contributed by atoms with Crippen LogP contribution in [0.5, 0.6) is 0 Å². The van der Waals surface area contributed by atoms with Crippen LogP contribution in [0.1, 0.15) is 0 Å². The van der Waals surface area contributed by atoms with Gasteiger partial charge in [0.1, 0.15) is 0 Å². The van der Waals surface area contributed by atoms with E-state index >= 15 is 0 Å². The molecule has 0 saturated carbocycles. The van der Waals surface area contributed by atoms with E-state index in [1.54, 1.807) is 0 Å². The number of hydrogen-bond acceptors (Lipinski definition) is 2. The summed E-state index contributed by atoms with van der Waals surface area (Å²) < 4.78 is 38.9. The van der Waals surface area contributed by atoms with Crippen molar-refractivity contribution in [3.8, 4) is 0 Å². The molecule has 0 aliphatic heterocycles. The molecule has 0 aliphatic carbocycles. The largest absolute Gasteiger partial charge is 0.522 e. The number of fused-ring (bicyclic) bond motifs is 1. The van der Waals surface area contributed by atoms with Crippen LogP contribution < -0.4 is 5.32 Å². The molecule has 0 saturated heterocycles. The Morgan fingerprint density at radius 2 is 1.72 bits per heavy atom. The minimum atomic E-state index is -4.56. The van der Waals surface area contributed by atoms with E-state index in [1.165, 1.54) is 0 Å². The average Bonchev–Trinajstić information content (AvgIpc) is 2.33. The van der Waals surface area contributed by atoms with Gasteiger partial charge in [-0.25, -0.2) is 0 Å². The van der Waals surface area contributed by atoms with Gasteiger partial charge in [-0.3, -0.25) is 4.74 Å². The highest BCUT2D eigenvalue weighted by molar-refractivity contribution is 5.85. The van der Waals surface area contributed by atoms with Crippen LogP contribution in [0.4, 0.5) is 18.9 Å². The molecule has 0 aliphatic rings. The van der Waals surface area contributed by atoms with E-state index in [-0.39, 0.29) is 6.54 Å². The Balaban J connectivity index is 1.92. The first-order valence-corrected chi connectivity index (χ1v) is 5.48. The van der Waals surface area contributed by atoms with Gasteiger partial charge in [-0.1, -0.05) is 30.3 Å². The highest BCUT2D eigenvalue weighted by Crippen LogP contribution is 2.19. The summed E-state index contributed by atoms with van der Waals surface area (Å²) in [6.45, 7) is -0.297. The summed E-state index contributed by atoms with van der Waals surface area (Å²) in [6.07, 6.45) is -4.56. The topological polar surface area (TPSA) is 21.3 Å². The number of halogens is 3. The van der Waals surface area contributed by atoms with Crippen molar-refractivity contribution in [2.24, 2.45) is 0 Å². The van der Waals surface area contributed by atoms with Gasteiger partial charge in [0.25, 0.3) is 0 Å². The van der Waals surface area contributed by atoms with Crippen molar-refractivity contribution >= 4 is 16.5 Å². The van der Waals surface area contributed by atoms with Gasteiger partial charge in [-0.15, -0.1) is 13.2 Å². The molecule has 0 radical (unpaired) electrons. The van der Waals surface area contributed by atoms with E-state index in [2.05, 4.69) is 10.1 Å². The lowest BCUT2D eigenvalue weighted by molar-refractivity contribution is -0.322. The summed E-state index contributed by atoms with van der Waals surface area (Å²) in [6, 6.07) is 13.4. The highest BCUT2D eigenvalue weighted by atomic mass is 19.4. The SMILES string of the molecule is FC(F)(F)OCCNc1ccc2ccccc2c1. The Bertz CT molecular complexity index is 525. The van der Waals surface area contributed by atoms with E-state index in [1.807, 2.05) is 42.5 Å². The average molecular weight is 255 g/mol. The molecule has 0 amide bonds. The number of anilines is 1. The molecular weight excluding hydrogens is 243 g/mol. The van der Waals surface area contributed by atoms with Gasteiger partial charge in [-0.2, -0.15) is 0 Å². The Morgan fingerprint density at radius 1 is 1.00 bits per heavy atom. The van der Waals surface area contributed by atoms with E-state index in [4.69, 9.17) is 0 Å². The third-order valence-electron chi connectivity index (χ3n) is 2.45. The van der Waals surface area contributed by atoms with Crippen LogP contribution in [0.15, 0.2) is 42.5 Å². The number of ether oxygens (including phenoxy) is 1. The van der Waals surface area contributed by atoms with E-state index < -0.39 is 13.0 Å². The van der Waals surface area contributed by atoms with Crippen LogP contribution in [0.3, 0.4) is 0 Å². The van der Waals surface area contributed by atoms with Crippen molar-refractivity contribution in [1.29, 1.82) is 0 Å². The Kier molecular flexibility index (Phi) is 3.72. The van der Waals surface area contributed by atoms with E-state index in [0.29, 0.717) is 0 Å². The number of alkyl halides is 3. The maximum absolute atomic E-state index is 11.7. The summed E-state index contributed by atoms with van der Waals surface area (Å²) in [7, 11) is 0. The zero-order chi connectivity index (χ0) is 13.0. The maximum Gasteiger partial charge on any atom is 0.522 e. The van der Waals surface area contributed by atoms with E-state index in [0.717, 1.165) is 16.5 Å². The van der Waals surface area contributed by atoms with Crippen molar-refractivity contribution in [2.45, 2.75) is 6.36 Å². The highest BCUT2D eigenvalue weighted by Gasteiger charge is 2.28. The first kappa shape index (κ1) is 12.7. The monoisotopic (exact) mass is 255 g/mol. The van der Waals surface area contributed by atoms with Gasteiger partial charge in [0.05, 0.1) is 6.61 Å². The van der Waals surface area contributed by atoms with Crippen molar-refractivity contribution in [2.75, 3.05) is 18.5 Å². The van der Waals surface area contributed by atoms with Crippen molar-refractivity contribution < 1.29 is 17.9 Å². The van der Waals surface area contributed by atoms with E-state index in [9.17, 15) is 13.2 Å². The number of rotatable bonds is 4. The molecular formula is C13H12F3NO. The number of benzene rings is 2. The lowest BCUT2D eigenvalue weighted by Gasteiger charge is -2.09.